The summed E-state index contributed by atoms with van der Waals surface area (Å²) in [6, 6.07) is 10.9. The van der Waals surface area contributed by atoms with Crippen LogP contribution in [-0.2, 0) is 11.5 Å². The SMILES string of the molecule is O=C(Nc1c2c(nn1-c1cccc(Cl)c1)CSC2)c1cc(Cl)ccc1[N+](=O)[O-]. The van der Waals surface area contributed by atoms with Crippen LogP contribution in [0.2, 0.25) is 10.0 Å². The number of halogens is 2. The van der Waals surface area contributed by atoms with Gasteiger partial charge in [0.1, 0.15) is 11.4 Å². The Morgan fingerprint density at radius 3 is 2.71 bits per heavy atom. The van der Waals surface area contributed by atoms with Crippen LogP contribution in [0.3, 0.4) is 0 Å². The number of aromatic nitrogens is 2. The smallest absolute Gasteiger partial charge is 0.282 e. The Balaban J connectivity index is 1.78. The van der Waals surface area contributed by atoms with Gasteiger partial charge in [0.25, 0.3) is 11.6 Å². The highest BCUT2D eigenvalue weighted by molar-refractivity contribution is 7.98. The molecule has 0 fully saturated rings. The van der Waals surface area contributed by atoms with Crippen molar-refractivity contribution in [3.63, 3.8) is 0 Å². The Bertz CT molecular complexity index is 1120. The molecule has 2 aromatic carbocycles. The van der Waals surface area contributed by atoms with Crippen molar-refractivity contribution in [1.82, 2.24) is 9.78 Å². The van der Waals surface area contributed by atoms with Crippen LogP contribution < -0.4 is 5.32 Å². The van der Waals surface area contributed by atoms with Gasteiger partial charge in [-0.3, -0.25) is 14.9 Å². The summed E-state index contributed by atoms with van der Waals surface area (Å²) in [5, 5.41) is 19.4. The van der Waals surface area contributed by atoms with E-state index in [1.165, 1.54) is 18.2 Å². The largest absolute Gasteiger partial charge is 0.306 e. The van der Waals surface area contributed by atoms with Crippen LogP contribution in [0.1, 0.15) is 21.6 Å². The minimum absolute atomic E-state index is 0.115. The van der Waals surface area contributed by atoms with E-state index in [1.807, 2.05) is 6.07 Å². The topological polar surface area (TPSA) is 90.1 Å². The van der Waals surface area contributed by atoms with Gasteiger partial charge in [0.2, 0.25) is 0 Å². The molecule has 1 N–H and O–H groups in total. The van der Waals surface area contributed by atoms with Gasteiger partial charge in [-0.1, -0.05) is 29.3 Å². The Hall–Kier alpha value is -2.55. The highest BCUT2D eigenvalue weighted by atomic mass is 35.5. The lowest BCUT2D eigenvalue weighted by Crippen LogP contribution is -2.17. The number of hydrogen-bond donors (Lipinski definition) is 1. The standard InChI is InChI=1S/C18H12Cl2N4O3S/c19-10-2-1-3-12(6-10)23-17(14-8-28-9-15(14)22-23)21-18(25)13-7-11(20)4-5-16(13)24(26)27/h1-7H,8-9H2,(H,21,25). The first-order chi connectivity index (χ1) is 13.4. The lowest BCUT2D eigenvalue weighted by molar-refractivity contribution is -0.385. The van der Waals surface area contributed by atoms with E-state index in [4.69, 9.17) is 23.2 Å². The average Bonchev–Trinajstić information content (AvgIpc) is 3.24. The van der Waals surface area contributed by atoms with Crippen molar-refractivity contribution in [3.8, 4) is 5.69 Å². The number of benzene rings is 2. The van der Waals surface area contributed by atoms with Crippen LogP contribution in [0.5, 0.6) is 0 Å². The third-order valence-electron chi connectivity index (χ3n) is 4.24. The summed E-state index contributed by atoms with van der Waals surface area (Å²) >= 11 is 13.7. The zero-order chi connectivity index (χ0) is 19.8. The lowest BCUT2D eigenvalue weighted by Gasteiger charge is -2.11. The Labute approximate surface area is 173 Å². The molecule has 0 aliphatic carbocycles. The van der Waals surface area contributed by atoms with Crippen molar-refractivity contribution in [2.45, 2.75) is 11.5 Å². The summed E-state index contributed by atoms with van der Waals surface area (Å²) < 4.78 is 1.60. The zero-order valence-electron chi connectivity index (χ0n) is 14.2. The monoisotopic (exact) mass is 434 g/mol. The van der Waals surface area contributed by atoms with Crippen molar-refractivity contribution in [3.05, 3.63) is 79.4 Å². The Kier molecular flexibility index (Phi) is 5.01. The summed E-state index contributed by atoms with van der Waals surface area (Å²) in [6.45, 7) is 0. The molecule has 0 spiro atoms. The van der Waals surface area contributed by atoms with Gasteiger partial charge in [-0.15, -0.1) is 0 Å². The van der Waals surface area contributed by atoms with Crippen LogP contribution >= 0.6 is 35.0 Å². The number of nitrogens with zero attached hydrogens (tertiary/aromatic N) is 3. The van der Waals surface area contributed by atoms with Crippen LogP contribution in [0.4, 0.5) is 11.5 Å². The number of nitro benzene ring substituents is 1. The number of nitro groups is 1. The van der Waals surface area contributed by atoms with E-state index < -0.39 is 10.8 Å². The minimum Gasteiger partial charge on any atom is -0.306 e. The maximum absolute atomic E-state index is 12.9. The van der Waals surface area contributed by atoms with Gasteiger partial charge < -0.3 is 5.32 Å². The molecule has 7 nitrogen and oxygen atoms in total. The molecule has 0 unspecified atom stereocenters. The summed E-state index contributed by atoms with van der Waals surface area (Å²) in [4.78, 5) is 23.6. The molecule has 10 heteroatoms. The summed E-state index contributed by atoms with van der Waals surface area (Å²) in [5.74, 6) is 1.25. The van der Waals surface area contributed by atoms with Gasteiger partial charge in [0, 0.05) is 33.2 Å². The van der Waals surface area contributed by atoms with Gasteiger partial charge in [0.15, 0.2) is 0 Å². The van der Waals surface area contributed by atoms with Crippen LogP contribution in [0, 0.1) is 10.1 Å². The number of amides is 1. The molecule has 2 heterocycles. The Morgan fingerprint density at radius 1 is 1.18 bits per heavy atom. The molecule has 1 aliphatic rings. The van der Waals surface area contributed by atoms with Crippen LogP contribution in [0.25, 0.3) is 5.69 Å². The van der Waals surface area contributed by atoms with Gasteiger partial charge in [-0.2, -0.15) is 16.9 Å². The fourth-order valence-corrected chi connectivity index (χ4v) is 4.35. The first-order valence-electron chi connectivity index (χ1n) is 8.14. The molecule has 3 aromatic rings. The maximum atomic E-state index is 12.9. The van der Waals surface area contributed by atoms with Gasteiger partial charge in [-0.05, 0) is 30.3 Å². The first-order valence-corrected chi connectivity index (χ1v) is 10.0. The van der Waals surface area contributed by atoms with Crippen LogP contribution in [0.15, 0.2) is 42.5 Å². The van der Waals surface area contributed by atoms with Crippen molar-refractivity contribution in [2.75, 3.05) is 5.32 Å². The van der Waals surface area contributed by atoms with E-state index in [2.05, 4.69) is 10.4 Å². The molecular weight excluding hydrogens is 423 g/mol. The molecule has 0 saturated carbocycles. The molecule has 1 amide bonds. The molecule has 28 heavy (non-hydrogen) atoms. The van der Waals surface area contributed by atoms with E-state index in [9.17, 15) is 14.9 Å². The molecule has 0 saturated heterocycles. The third kappa shape index (κ3) is 3.46. The van der Waals surface area contributed by atoms with E-state index in [-0.39, 0.29) is 16.3 Å². The van der Waals surface area contributed by atoms with Crippen LogP contribution in [-0.4, -0.2) is 20.6 Å². The quantitative estimate of drug-likeness (QED) is 0.456. The number of fused-ring (bicyclic) bond motifs is 1. The molecule has 142 valence electrons. The van der Waals surface area contributed by atoms with Crippen molar-refractivity contribution >= 4 is 52.4 Å². The van der Waals surface area contributed by atoms with Gasteiger partial charge >= 0.3 is 0 Å². The van der Waals surface area contributed by atoms with E-state index in [0.717, 1.165) is 17.0 Å². The van der Waals surface area contributed by atoms with Gasteiger partial charge in [0.05, 0.1) is 16.3 Å². The van der Waals surface area contributed by atoms with E-state index in [1.54, 1.807) is 34.6 Å². The molecule has 0 radical (unpaired) electrons. The maximum Gasteiger partial charge on any atom is 0.282 e. The van der Waals surface area contributed by atoms with Crippen molar-refractivity contribution < 1.29 is 9.72 Å². The number of anilines is 1. The first kappa shape index (κ1) is 18.8. The molecular formula is C18H12Cl2N4O3S. The van der Waals surface area contributed by atoms with Crippen molar-refractivity contribution in [2.24, 2.45) is 0 Å². The number of thioether (sulfide) groups is 1. The Morgan fingerprint density at radius 2 is 1.96 bits per heavy atom. The number of hydrogen-bond acceptors (Lipinski definition) is 5. The normalized spacial score (nSPS) is 12.6. The number of nitrogens with one attached hydrogen (secondary N) is 1. The molecule has 0 atom stereocenters. The number of carbonyl (C=O) groups is 1. The fraction of sp³-hybridized carbons (Fsp3) is 0.111. The fourth-order valence-electron chi connectivity index (χ4n) is 2.96. The predicted octanol–water partition coefficient (Wildman–Crippen LogP) is 5.09. The molecule has 0 bridgehead atoms. The molecule has 1 aliphatic heterocycles. The number of rotatable bonds is 4. The zero-order valence-corrected chi connectivity index (χ0v) is 16.5. The predicted molar refractivity (Wildman–Crippen MR) is 110 cm³/mol. The lowest BCUT2D eigenvalue weighted by atomic mass is 10.1. The van der Waals surface area contributed by atoms with Crippen molar-refractivity contribution in [1.29, 1.82) is 0 Å². The molecule has 1 aromatic heterocycles. The summed E-state index contributed by atoms with van der Waals surface area (Å²) in [6.07, 6.45) is 0. The van der Waals surface area contributed by atoms with Gasteiger partial charge in [-0.25, -0.2) is 4.68 Å². The van der Waals surface area contributed by atoms with E-state index in [0.29, 0.717) is 22.3 Å². The second kappa shape index (κ2) is 7.46. The minimum atomic E-state index is -0.628. The second-order valence-corrected chi connectivity index (χ2v) is 7.89. The molecule has 4 rings (SSSR count). The highest BCUT2D eigenvalue weighted by Gasteiger charge is 2.27. The average molecular weight is 435 g/mol. The summed E-state index contributed by atoms with van der Waals surface area (Å²) in [5.41, 5.74) is 2.00. The summed E-state index contributed by atoms with van der Waals surface area (Å²) in [7, 11) is 0. The second-order valence-electron chi connectivity index (χ2n) is 6.03. The highest BCUT2D eigenvalue weighted by Crippen LogP contribution is 2.37. The van der Waals surface area contributed by atoms with E-state index >= 15 is 0 Å². The number of carbonyl (C=O) groups excluding carboxylic acids is 1. The third-order valence-corrected chi connectivity index (χ3v) is 5.68.